The standard InChI is InChI=1S/C35H45N3O7S/c1-10-38-23(18(2)3)15-26-30(34(38)41)31(29-24(39)16-35(6,7)17-27(29)45-26)28-20(5)21(12-14-25(28)44-8)22-13-11-19(4)32(36-22)33(40)37-46(9,42)43/h11-14,18,23,31,34,41H,10,15-17H2,1-9H3,(H,37,40)/t23-,31-,34?/m0/s1. The summed E-state index contributed by atoms with van der Waals surface area (Å²) in [6.07, 6.45) is 1.45. The number of likely N-dealkylation sites (N-methyl/N-ethyl adjacent to an activating group) is 1. The van der Waals surface area contributed by atoms with E-state index in [4.69, 9.17) is 9.47 Å². The molecule has 3 atom stereocenters. The first-order valence-electron chi connectivity index (χ1n) is 15.8. The van der Waals surface area contributed by atoms with Crippen LogP contribution in [0.1, 0.15) is 87.0 Å². The molecule has 5 rings (SSSR count). The molecule has 0 spiro atoms. The van der Waals surface area contributed by atoms with Crippen LogP contribution in [0.15, 0.2) is 46.9 Å². The van der Waals surface area contributed by atoms with Crippen LogP contribution < -0.4 is 9.46 Å². The molecule has 248 valence electrons. The number of nitrogens with one attached hydrogen (secondary N) is 1. The number of aliphatic hydroxyl groups excluding tert-OH is 1. The molecule has 3 heterocycles. The minimum atomic E-state index is -3.80. The first-order chi connectivity index (χ1) is 21.5. The van der Waals surface area contributed by atoms with Gasteiger partial charge in [-0.1, -0.05) is 40.7 Å². The van der Waals surface area contributed by atoms with Gasteiger partial charge in [0.15, 0.2) is 5.78 Å². The Kier molecular flexibility index (Phi) is 9.00. The molecule has 1 aliphatic carbocycles. The molecule has 0 saturated heterocycles. The van der Waals surface area contributed by atoms with Crippen LogP contribution in [0.3, 0.4) is 0 Å². The van der Waals surface area contributed by atoms with E-state index in [9.17, 15) is 23.1 Å². The number of ketones is 1. The molecule has 46 heavy (non-hydrogen) atoms. The first kappa shape index (κ1) is 33.8. The predicted molar refractivity (Wildman–Crippen MR) is 176 cm³/mol. The second-order valence-electron chi connectivity index (χ2n) is 13.8. The minimum Gasteiger partial charge on any atom is -0.496 e. The number of amides is 1. The molecule has 0 bridgehead atoms. The van der Waals surface area contributed by atoms with E-state index in [1.54, 1.807) is 26.2 Å². The summed E-state index contributed by atoms with van der Waals surface area (Å²) in [4.78, 5) is 33.6. The van der Waals surface area contributed by atoms with Gasteiger partial charge in [-0.2, -0.15) is 0 Å². The van der Waals surface area contributed by atoms with E-state index in [-0.39, 0.29) is 28.9 Å². The van der Waals surface area contributed by atoms with Crippen molar-refractivity contribution in [1.82, 2.24) is 14.6 Å². The van der Waals surface area contributed by atoms with Crippen LogP contribution in [0.25, 0.3) is 11.3 Å². The molecule has 1 amide bonds. The number of aliphatic hydroxyl groups is 1. The third kappa shape index (κ3) is 6.12. The number of aryl methyl sites for hydroxylation is 1. The average molecular weight is 652 g/mol. The van der Waals surface area contributed by atoms with Gasteiger partial charge in [0.2, 0.25) is 10.0 Å². The van der Waals surface area contributed by atoms with Crippen molar-refractivity contribution < 1.29 is 32.6 Å². The molecular weight excluding hydrogens is 606 g/mol. The summed E-state index contributed by atoms with van der Waals surface area (Å²) in [7, 11) is -2.22. The number of pyridine rings is 1. The van der Waals surface area contributed by atoms with E-state index in [0.29, 0.717) is 71.0 Å². The molecule has 2 aromatic rings. The Hall–Kier alpha value is -3.54. The number of carbonyl (C=O) groups is 2. The van der Waals surface area contributed by atoms with Crippen molar-refractivity contribution in [2.75, 3.05) is 19.9 Å². The largest absolute Gasteiger partial charge is 0.496 e. The Balaban J connectivity index is 1.75. The number of carbonyl (C=O) groups excluding carboxylic acids is 2. The number of aromatic nitrogens is 1. The summed E-state index contributed by atoms with van der Waals surface area (Å²) < 4.78 is 38.2. The van der Waals surface area contributed by atoms with E-state index in [1.807, 2.05) is 30.7 Å². The maximum atomic E-state index is 14.1. The number of nitrogens with zero attached hydrogens (tertiary/aromatic N) is 2. The molecular formula is C35H45N3O7S. The van der Waals surface area contributed by atoms with Gasteiger partial charge in [0.05, 0.1) is 19.1 Å². The summed E-state index contributed by atoms with van der Waals surface area (Å²) in [5.74, 6) is 0.675. The highest BCUT2D eigenvalue weighted by Crippen LogP contribution is 2.55. The number of ether oxygens (including phenoxy) is 2. The summed E-state index contributed by atoms with van der Waals surface area (Å²) in [6, 6.07) is 7.21. The molecule has 0 saturated carbocycles. The lowest BCUT2D eigenvalue weighted by atomic mass is 9.67. The number of rotatable bonds is 7. The zero-order valence-electron chi connectivity index (χ0n) is 28.1. The van der Waals surface area contributed by atoms with Crippen molar-refractivity contribution in [3.05, 3.63) is 69.3 Å². The topological polar surface area (TPSA) is 135 Å². The average Bonchev–Trinajstić information content (AvgIpc) is 2.94. The molecule has 3 aliphatic rings. The zero-order valence-corrected chi connectivity index (χ0v) is 29.0. The lowest BCUT2D eigenvalue weighted by Gasteiger charge is -2.48. The Bertz CT molecular complexity index is 1770. The molecule has 1 aromatic carbocycles. The lowest BCUT2D eigenvalue weighted by Crippen LogP contribution is -2.52. The zero-order chi connectivity index (χ0) is 33.9. The fourth-order valence-corrected chi connectivity index (χ4v) is 7.74. The SMILES string of the molecule is CCN1C(O)C2=C(C[C@H]1C(C)C)OC1=C(C(=O)CC(C)(C)C1)[C@@H]2c1c(OC)ccc(-c2ccc(C)c(C(=O)NS(C)(=O)=O)n2)c1C. The van der Waals surface area contributed by atoms with Crippen LogP contribution in [-0.4, -0.2) is 67.3 Å². The number of hydrogen-bond acceptors (Lipinski definition) is 9. The van der Waals surface area contributed by atoms with E-state index in [2.05, 4.69) is 37.6 Å². The molecule has 0 fully saturated rings. The number of methoxy groups -OCH3 is 1. The Morgan fingerprint density at radius 2 is 1.87 bits per heavy atom. The molecule has 2 N–H and O–H groups in total. The number of Topliss-reactive ketones (excluding diaryl/α,β-unsaturated/α-hetero) is 1. The number of hydrogen-bond donors (Lipinski definition) is 2. The van der Waals surface area contributed by atoms with Crippen molar-refractivity contribution in [2.24, 2.45) is 11.3 Å². The van der Waals surface area contributed by atoms with Crippen LogP contribution in [0, 0.1) is 25.2 Å². The minimum absolute atomic E-state index is 0.00791. The van der Waals surface area contributed by atoms with E-state index < -0.39 is 28.1 Å². The highest BCUT2D eigenvalue weighted by Gasteiger charge is 2.49. The number of allylic oxidation sites excluding steroid dienone is 2. The van der Waals surface area contributed by atoms with Crippen LogP contribution in [0.5, 0.6) is 5.75 Å². The maximum absolute atomic E-state index is 14.1. The second kappa shape index (κ2) is 12.2. The maximum Gasteiger partial charge on any atom is 0.283 e. The van der Waals surface area contributed by atoms with Gasteiger partial charge in [0.25, 0.3) is 5.91 Å². The third-order valence-electron chi connectivity index (χ3n) is 9.44. The number of benzene rings is 1. The number of sulfonamides is 1. The molecule has 1 unspecified atom stereocenters. The third-order valence-corrected chi connectivity index (χ3v) is 10.0. The van der Waals surface area contributed by atoms with Gasteiger partial charge in [-0.25, -0.2) is 18.1 Å². The predicted octanol–water partition coefficient (Wildman–Crippen LogP) is 5.14. The van der Waals surface area contributed by atoms with Crippen molar-refractivity contribution in [3.63, 3.8) is 0 Å². The summed E-state index contributed by atoms with van der Waals surface area (Å²) in [6.45, 7) is 14.7. The summed E-state index contributed by atoms with van der Waals surface area (Å²) in [5.41, 5.74) is 4.03. The molecule has 2 aliphatic heterocycles. The fraction of sp³-hybridized carbons (Fsp3) is 0.514. The molecule has 11 heteroatoms. The highest BCUT2D eigenvalue weighted by atomic mass is 32.2. The van der Waals surface area contributed by atoms with Crippen LogP contribution in [-0.2, 0) is 19.6 Å². The van der Waals surface area contributed by atoms with Gasteiger partial charge >= 0.3 is 0 Å². The smallest absolute Gasteiger partial charge is 0.283 e. The monoisotopic (exact) mass is 651 g/mol. The molecule has 1 aromatic heterocycles. The van der Waals surface area contributed by atoms with Crippen LogP contribution in [0.4, 0.5) is 0 Å². The quantitative estimate of drug-likeness (QED) is 0.417. The lowest BCUT2D eigenvalue weighted by molar-refractivity contribution is -0.119. The summed E-state index contributed by atoms with van der Waals surface area (Å²) >= 11 is 0. The first-order valence-corrected chi connectivity index (χ1v) is 17.7. The molecule has 0 radical (unpaired) electrons. The van der Waals surface area contributed by atoms with Crippen LogP contribution in [0.2, 0.25) is 0 Å². The van der Waals surface area contributed by atoms with Crippen LogP contribution >= 0.6 is 0 Å². The Labute approximate surface area is 271 Å². The van der Waals surface area contributed by atoms with Crippen molar-refractivity contribution >= 4 is 21.7 Å². The normalized spacial score (nSPS) is 23.2. The summed E-state index contributed by atoms with van der Waals surface area (Å²) in [5, 5.41) is 12.1. The van der Waals surface area contributed by atoms with E-state index in [0.717, 1.165) is 17.4 Å². The van der Waals surface area contributed by atoms with Crippen molar-refractivity contribution in [1.29, 1.82) is 0 Å². The van der Waals surface area contributed by atoms with Gasteiger partial charge in [-0.3, -0.25) is 14.5 Å². The van der Waals surface area contributed by atoms with Gasteiger partial charge in [0, 0.05) is 53.5 Å². The highest BCUT2D eigenvalue weighted by molar-refractivity contribution is 7.89. The van der Waals surface area contributed by atoms with Gasteiger partial charge < -0.3 is 14.6 Å². The second-order valence-corrected chi connectivity index (χ2v) is 15.6. The van der Waals surface area contributed by atoms with E-state index >= 15 is 0 Å². The van der Waals surface area contributed by atoms with Gasteiger partial charge in [0.1, 0.15) is 29.2 Å². The molecule has 10 nitrogen and oxygen atoms in total. The van der Waals surface area contributed by atoms with E-state index in [1.165, 1.54) is 0 Å². The fourth-order valence-electron chi connectivity index (χ4n) is 7.30. The van der Waals surface area contributed by atoms with Gasteiger partial charge in [-0.05, 0) is 61.1 Å². The Morgan fingerprint density at radius 1 is 1.17 bits per heavy atom. The Morgan fingerprint density at radius 3 is 2.48 bits per heavy atom. The van der Waals surface area contributed by atoms with Crippen molar-refractivity contribution in [3.8, 4) is 17.0 Å². The van der Waals surface area contributed by atoms with Gasteiger partial charge in [-0.15, -0.1) is 0 Å². The van der Waals surface area contributed by atoms with Crippen molar-refractivity contribution in [2.45, 2.75) is 85.9 Å².